The summed E-state index contributed by atoms with van der Waals surface area (Å²) in [5.74, 6) is 1.35. The molecule has 0 aliphatic carbocycles. The predicted molar refractivity (Wildman–Crippen MR) is 60.7 cm³/mol. The Balaban J connectivity index is 2.86. The van der Waals surface area contributed by atoms with Gasteiger partial charge in [-0.3, -0.25) is 0 Å². The van der Waals surface area contributed by atoms with E-state index in [0.29, 0.717) is 12.5 Å². The summed E-state index contributed by atoms with van der Waals surface area (Å²) in [4.78, 5) is 0. The van der Waals surface area contributed by atoms with E-state index < -0.39 is 0 Å². The molecule has 0 bridgehead atoms. The van der Waals surface area contributed by atoms with Gasteiger partial charge >= 0.3 is 0 Å². The van der Waals surface area contributed by atoms with Gasteiger partial charge < -0.3 is 4.74 Å². The summed E-state index contributed by atoms with van der Waals surface area (Å²) < 4.78 is 5.72. The fourth-order valence-electron chi connectivity index (χ4n) is 1.62. The Hall–Kier alpha value is -0.980. The highest BCUT2D eigenvalue weighted by Crippen LogP contribution is 2.24. The zero-order valence-electron chi connectivity index (χ0n) is 9.55. The number of benzene rings is 1. The third kappa shape index (κ3) is 2.76. The maximum absolute atomic E-state index is 5.72. The maximum atomic E-state index is 5.72. The molecular formula is C13H19O. The molecule has 0 spiro atoms. The molecule has 0 fully saturated rings. The van der Waals surface area contributed by atoms with Crippen molar-refractivity contribution in [2.75, 3.05) is 6.61 Å². The SMILES string of the molecule is [CH2]C(C)COc1c(C)cc(C)cc1C. The van der Waals surface area contributed by atoms with Crippen LogP contribution in [0.1, 0.15) is 23.6 Å². The zero-order chi connectivity index (χ0) is 10.7. The third-order valence-electron chi connectivity index (χ3n) is 2.12. The van der Waals surface area contributed by atoms with Gasteiger partial charge in [-0.15, -0.1) is 0 Å². The summed E-state index contributed by atoms with van der Waals surface area (Å²) in [5.41, 5.74) is 3.71. The van der Waals surface area contributed by atoms with E-state index in [4.69, 9.17) is 4.74 Å². The second-order valence-corrected chi connectivity index (χ2v) is 4.14. The molecule has 1 nitrogen and oxygen atoms in total. The molecule has 1 aromatic carbocycles. The number of rotatable bonds is 3. The van der Waals surface area contributed by atoms with Crippen LogP contribution < -0.4 is 4.74 Å². The van der Waals surface area contributed by atoms with E-state index in [-0.39, 0.29) is 0 Å². The minimum atomic E-state index is 0.329. The summed E-state index contributed by atoms with van der Waals surface area (Å²) in [5, 5.41) is 0. The van der Waals surface area contributed by atoms with E-state index in [1.807, 2.05) is 0 Å². The van der Waals surface area contributed by atoms with Crippen molar-refractivity contribution in [2.24, 2.45) is 5.92 Å². The molecule has 1 heteroatoms. The normalized spacial score (nSPS) is 10.7. The van der Waals surface area contributed by atoms with Crippen molar-refractivity contribution in [2.45, 2.75) is 27.7 Å². The smallest absolute Gasteiger partial charge is 0.125 e. The average molecular weight is 191 g/mol. The lowest BCUT2D eigenvalue weighted by atomic mass is 10.1. The number of ether oxygens (including phenoxy) is 1. The summed E-state index contributed by atoms with van der Waals surface area (Å²) in [6.45, 7) is 12.9. The largest absolute Gasteiger partial charge is 0.493 e. The lowest BCUT2D eigenvalue weighted by molar-refractivity contribution is 0.280. The van der Waals surface area contributed by atoms with Crippen LogP contribution in [0.5, 0.6) is 5.75 Å². The molecule has 1 aromatic rings. The molecule has 0 heterocycles. The monoisotopic (exact) mass is 191 g/mol. The van der Waals surface area contributed by atoms with Crippen LogP contribution in [0.4, 0.5) is 0 Å². The third-order valence-corrected chi connectivity index (χ3v) is 2.12. The fraction of sp³-hybridized carbons (Fsp3) is 0.462. The molecule has 1 atom stereocenters. The van der Waals surface area contributed by atoms with Crippen LogP contribution in [0.15, 0.2) is 12.1 Å². The molecule has 77 valence electrons. The average Bonchev–Trinajstić information content (AvgIpc) is 2.01. The summed E-state index contributed by atoms with van der Waals surface area (Å²) in [6, 6.07) is 4.30. The number of hydrogen-bond acceptors (Lipinski definition) is 1. The van der Waals surface area contributed by atoms with E-state index in [2.05, 4.69) is 46.8 Å². The van der Waals surface area contributed by atoms with Crippen molar-refractivity contribution in [1.29, 1.82) is 0 Å². The minimum Gasteiger partial charge on any atom is -0.493 e. The molecule has 0 saturated carbocycles. The van der Waals surface area contributed by atoms with Crippen LogP contribution in [0.3, 0.4) is 0 Å². The quantitative estimate of drug-likeness (QED) is 0.711. The fourth-order valence-corrected chi connectivity index (χ4v) is 1.62. The standard InChI is InChI=1S/C13H19O/c1-9(2)8-14-13-11(4)6-10(3)7-12(13)5/h6-7,9H,1,8H2,2-5H3. The van der Waals surface area contributed by atoms with Crippen molar-refractivity contribution >= 4 is 0 Å². The summed E-state index contributed by atoms with van der Waals surface area (Å²) in [6.07, 6.45) is 0. The first-order chi connectivity index (χ1) is 6.50. The summed E-state index contributed by atoms with van der Waals surface area (Å²) >= 11 is 0. The maximum Gasteiger partial charge on any atom is 0.125 e. The molecular weight excluding hydrogens is 172 g/mol. The van der Waals surface area contributed by atoms with Crippen molar-refractivity contribution in [3.63, 3.8) is 0 Å². The molecule has 0 saturated heterocycles. The van der Waals surface area contributed by atoms with E-state index >= 15 is 0 Å². The molecule has 1 radical (unpaired) electrons. The Morgan fingerprint density at radius 1 is 1.21 bits per heavy atom. The highest BCUT2D eigenvalue weighted by molar-refractivity contribution is 5.42. The molecule has 14 heavy (non-hydrogen) atoms. The van der Waals surface area contributed by atoms with Gasteiger partial charge in [-0.05, 0) is 44.7 Å². The van der Waals surface area contributed by atoms with E-state index in [1.165, 1.54) is 16.7 Å². The van der Waals surface area contributed by atoms with Crippen LogP contribution in [0.25, 0.3) is 0 Å². The molecule has 1 rings (SSSR count). The Morgan fingerprint density at radius 2 is 1.71 bits per heavy atom. The lowest BCUT2D eigenvalue weighted by Gasteiger charge is -2.14. The Kier molecular flexibility index (Phi) is 3.56. The molecule has 0 amide bonds. The topological polar surface area (TPSA) is 9.23 Å². The van der Waals surface area contributed by atoms with Crippen LogP contribution in [-0.2, 0) is 0 Å². The Labute approximate surface area is 87.1 Å². The van der Waals surface area contributed by atoms with Crippen molar-refractivity contribution < 1.29 is 4.74 Å². The van der Waals surface area contributed by atoms with E-state index in [0.717, 1.165) is 5.75 Å². The molecule has 1 unspecified atom stereocenters. The van der Waals surface area contributed by atoms with Gasteiger partial charge in [0, 0.05) is 0 Å². The number of aryl methyl sites for hydroxylation is 3. The van der Waals surface area contributed by atoms with Gasteiger partial charge in [-0.25, -0.2) is 0 Å². The highest BCUT2D eigenvalue weighted by atomic mass is 16.5. The van der Waals surface area contributed by atoms with E-state index in [9.17, 15) is 0 Å². The zero-order valence-corrected chi connectivity index (χ0v) is 9.55. The predicted octanol–water partition coefficient (Wildman–Crippen LogP) is 3.46. The van der Waals surface area contributed by atoms with Crippen molar-refractivity contribution in [3.05, 3.63) is 35.7 Å². The molecule has 0 N–H and O–H groups in total. The Bertz CT molecular complexity index is 290. The van der Waals surface area contributed by atoms with Crippen LogP contribution in [0, 0.1) is 33.6 Å². The van der Waals surface area contributed by atoms with Crippen molar-refractivity contribution in [1.82, 2.24) is 0 Å². The first-order valence-corrected chi connectivity index (χ1v) is 5.04. The van der Waals surface area contributed by atoms with Gasteiger partial charge in [0.25, 0.3) is 0 Å². The van der Waals surface area contributed by atoms with Crippen molar-refractivity contribution in [3.8, 4) is 5.75 Å². The first-order valence-electron chi connectivity index (χ1n) is 5.04. The summed E-state index contributed by atoms with van der Waals surface area (Å²) in [7, 11) is 0. The van der Waals surface area contributed by atoms with Crippen LogP contribution in [-0.4, -0.2) is 6.61 Å². The molecule has 0 aliphatic rings. The van der Waals surface area contributed by atoms with Gasteiger partial charge in [0.05, 0.1) is 6.61 Å². The van der Waals surface area contributed by atoms with Crippen LogP contribution >= 0.6 is 0 Å². The van der Waals surface area contributed by atoms with Crippen LogP contribution in [0.2, 0.25) is 0 Å². The van der Waals surface area contributed by atoms with Gasteiger partial charge in [0.2, 0.25) is 0 Å². The second-order valence-electron chi connectivity index (χ2n) is 4.14. The minimum absolute atomic E-state index is 0.329. The molecule has 0 aliphatic heterocycles. The first kappa shape index (κ1) is 11.1. The van der Waals surface area contributed by atoms with Gasteiger partial charge in [0.15, 0.2) is 0 Å². The Morgan fingerprint density at radius 3 is 2.14 bits per heavy atom. The second kappa shape index (κ2) is 4.50. The lowest BCUT2D eigenvalue weighted by Crippen LogP contribution is -2.06. The van der Waals surface area contributed by atoms with Gasteiger partial charge in [-0.2, -0.15) is 0 Å². The van der Waals surface area contributed by atoms with Gasteiger partial charge in [-0.1, -0.05) is 24.6 Å². The molecule has 0 aromatic heterocycles. The number of hydrogen-bond donors (Lipinski definition) is 0. The van der Waals surface area contributed by atoms with Gasteiger partial charge in [0.1, 0.15) is 5.75 Å². The highest BCUT2D eigenvalue weighted by Gasteiger charge is 2.05. The van der Waals surface area contributed by atoms with E-state index in [1.54, 1.807) is 0 Å².